The lowest BCUT2D eigenvalue weighted by molar-refractivity contribution is 0.653. The third kappa shape index (κ3) is 3.12. The molecule has 0 saturated heterocycles. The summed E-state index contributed by atoms with van der Waals surface area (Å²) in [6.07, 6.45) is 1.83. The Hall–Kier alpha value is -3.57. The summed E-state index contributed by atoms with van der Waals surface area (Å²) in [4.78, 5) is 0. The lowest BCUT2D eigenvalue weighted by Gasteiger charge is -2.10. The monoisotopic (exact) mass is 387 g/mol. The van der Waals surface area contributed by atoms with Gasteiger partial charge in [0.15, 0.2) is 5.82 Å². The number of nitrogens with zero attached hydrogens (tertiary/aromatic N) is 6. The maximum absolute atomic E-state index is 8.94. The molecule has 4 rings (SSSR count). The molecule has 0 unspecified atom stereocenters. The molecule has 0 spiro atoms. The van der Waals surface area contributed by atoms with E-state index in [4.69, 9.17) is 17.5 Å². The van der Waals surface area contributed by atoms with Gasteiger partial charge in [-0.15, -0.1) is 5.10 Å². The van der Waals surface area contributed by atoms with Crippen molar-refractivity contribution in [2.24, 2.45) is 0 Å². The van der Waals surface area contributed by atoms with Crippen molar-refractivity contribution < 1.29 is 0 Å². The lowest BCUT2D eigenvalue weighted by atomic mass is 10.1. The van der Waals surface area contributed by atoms with Crippen LogP contribution >= 0.6 is 12.2 Å². The normalized spacial score (nSPS) is 10.8. The van der Waals surface area contributed by atoms with Crippen LogP contribution in [0.5, 0.6) is 0 Å². The maximum atomic E-state index is 8.94. The number of aromatic nitrogens is 6. The molecule has 0 bridgehead atoms. The molecule has 2 heterocycles. The van der Waals surface area contributed by atoms with Crippen molar-refractivity contribution in [1.82, 2.24) is 30.0 Å². The fourth-order valence-corrected chi connectivity index (χ4v) is 3.51. The first-order chi connectivity index (χ1) is 13.6. The van der Waals surface area contributed by atoms with Gasteiger partial charge >= 0.3 is 0 Å². The van der Waals surface area contributed by atoms with Crippen LogP contribution in [0.25, 0.3) is 17.1 Å². The van der Waals surface area contributed by atoms with Crippen LogP contribution in [0.4, 0.5) is 0 Å². The molecule has 0 aliphatic heterocycles. The highest BCUT2D eigenvalue weighted by atomic mass is 32.1. The first-order valence-corrected chi connectivity index (χ1v) is 9.12. The van der Waals surface area contributed by atoms with Crippen LogP contribution in [-0.4, -0.2) is 30.0 Å². The molecule has 0 aliphatic rings. The molecule has 1 N–H and O–H groups in total. The lowest BCUT2D eigenvalue weighted by Crippen LogP contribution is -2.05. The van der Waals surface area contributed by atoms with Crippen LogP contribution < -0.4 is 0 Å². The second kappa shape index (κ2) is 7.21. The molecule has 0 atom stereocenters. The van der Waals surface area contributed by atoms with Gasteiger partial charge in [0, 0.05) is 6.20 Å². The van der Waals surface area contributed by atoms with Gasteiger partial charge in [-0.2, -0.15) is 5.26 Å². The largest absolute Gasteiger partial charge is 0.299 e. The number of tetrazole rings is 1. The highest BCUT2D eigenvalue weighted by Crippen LogP contribution is 2.24. The van der Waals surface area contributed by atoms with Gasteiger partial charge < -0.3 is 0 Å². The van der Waals surface area contributed by atoms with Crippen LogP contribution in [0, 0.1) is 29.8 Å². The molecule has 0 saturated carbocycles. The number of benzene rings is 2. The molecule has 0 fully saturated rings. The molecule has 0 amide bonds. The SMILES string of the molecule is Cc1cccc(C)c1-n1[nH]cc(-c2nnnn2Cc2ccc(C#N)cc2)c1=S. The van der Waals surface area contributed by atoms with Gasteiger partial charge in [0.05, 0.1) is 29.4 Å². The van der Waals surface area contributed by atoms with Gasteiger partial charge in [0.25, 0.3) is 0 Å². The second-order valence-corrected chi connectivity index (χ2v) is 6.92. The van der Waals surface area contributed by atoms with E-state index in [0.29, 0.717) is 22.6 Å². The fraction of sp³-hybridized carbons (Fsp3) is 0.150. The molecule has 0 radical (unpaired) electrons. The predicted octanol–water partition coefficient (Wildman–Crippen LogP) is 3.73. The topological polar surface area (TPSA) is 88.1 Å². The third-order valence-electron chi connectivity index (χ3n) is 4.62. The van der Waals surface area contributed by atoms with Crippen LogP contribution in [0.1, 0.15) is 22.3 Å². The van der Waals surface area contributed by atoms with Gasteiger partial charge in [-0.1, -0.05) is 42.5 Å². The molecule has 4 aromatic rings. The van der Waals surface area contributed by atoms with Crippen molar-refractivity contribution in [2.75, 3.05) is 0 Å². The Morgan fingerprint density at radius 1 is 1.11 bits per heavy atom. The first-order valence-electron chi connectivity index (χ1n) is 8.71. The molecule has 2 aromatic carbocycles. The van der Waals surface area contributed by atoms with Crippen molar-refractivity contribution in [3.05, 3.63) is 75.6 Å². The third-order valence-corrected chi connectivity index (χ3v) is 5.03. The molecular formula is C20H17N7S. The summed E-state index contributed by atoms with van der Waals surface area (Å²) >= 11 is 5.72. The average Bonchev–Trinajstić information content (AvgIpc) is 3.29. The number of aryl methyl sites for hydroxylation is 2. The second-order valence-electron chi connectivity index (χ2n) is 6.54. The van der Waals surface area contributed by atoms with E-state index in [2.05, 4.69) is 52.7 Å². The Bertz CT molecular complexity index is 1220. The molecule has 2 aromatic heterocycles. The van der Waals surface area contributed by atoms with Crippen LogP contribution in [0.3, 0.4) is 0 Å². The summed E-state index contributed by atoms with van der Waals surface area (Å²) in [6, 6.07) is 15.6. The van der Waals surface area contributed by atoms with Crippen LogP contribution in [-0.2, 0) is 6.54 Å². The quantitative estimate of drug-likeness (QED) is 0.539. The summed E-state index contributed by atoms with van der Waals surface area (Å²) in [6.45, 7) is 4.59. The van der Waals surface area contributed by atoms with E-state index in [1.807, 2.05) is 29.1 Å². The Balaban J connectivity index is 1.72. The van der Waals surface area contributed by atoms with Crippen molar-refractivity contribution >= 4 is 12.2 Å². The number of nitrogens with one attached hydrogen (secondary N) is 1. The molecule has 0 aliphatic carbocycles. The average molecular weight is 387 g/mol. The van der Waals surface area contributed by atoms with E-state index in [-0.39, 0.29) is 0 Å². The highest BCUT2D eigenvalue weighted by Gasteiger charge is 2.16. The van der Waals surface area contributed by atoms with Crippen LogP contribution in [0.15, 0.2) is 48.7 Å². The van der Waals surface area contributed by atoms with Crippen LogP contribution in [0.2, 0.25) is 0 Å². The maximum Gasteiger partial charge on any atom is 0.186 e. The highest BCUT2D eigenvalue weighted by molar-refractivity contribution is 7.71. The summed E-state index contributed by atoms with van der Waals surface area (Å²) in [7, 11) is 0. The number of nitriles is 1. The summed E-state index contributed by atoms with van der Waals surface area (Å²) in [5.74, 6) is 0.593. The minimum Gasteiger partial charge on any atom is -0.299 e. The molecule has 8 heteroatoms. The smallest absolute Gasteiger partial charge is 0.186 e. The summed E-state index contributed by atoms with van der Waals surface area (Å²) < 4.78 is 4.21. The van der Waals surface area contributed by atoms with E-state index in [0.717, 1.165) is 27.9 Å². The van der Waals surface area contributed by atoms with Crippen molar-refractivity contribution in [1.29, 1.82) is 5.26 Å². The zero-order chi connectivity index (χ0) is 19.7. The number of aromatic amines is 1. The van der Waals surface area contributed by atoms with E-state index >= 15 is 0 Å². The van der Waals surface area contributed by atoms with E-state index in [1.165, 1.54) is 0 Å². The summed E-state index contributed by atoms with van der Waals surface area (Å²) in [5, 5.41) is 24.3. The zero-order valence-corrected chi connectivity index (χ0v) is 16.2. The number of rotatable bonds is 4. The minimum atomic E-state index is 0.484. The minimum absolute atomic E-state index is 0.484. The number of para-hydroxylation sites is 1. The molecule has 7 nitrogen and oxygen atoms in total. The zero-order valence-electron chi connectivity index (χ0n) is 15.4. The Morgan fingerprint density at radius 3 is 2.50 bits per heavy atom. The van der Waals surface area contributed by atoms with Gasteiger partial charge in [0.2, 0.25) is 0 Å². The molecule has 28 heavy (non-hydrogen) atoms. The van der Waals surface area contributed by atoms with E-state index < -0.39 is 0 Å². The van der Waals surface area contributed by atoms with Gasteiger partial charge in [-0.3, -0.25) is 5.10 Å². The number of H-pyrrole nitrogens is 1. The Labute approximate surface area is 166 Å². The van der Waals surface area contributed by atoms with Gasteiger partial charge in [-0.25, -0.2) is 9.36 Å². The van der Waals surface area contributed by atoms with E-state index in [1.54, 1.807) is 16.8 Å². The number of hydrogen-bond acceptors (Lipinski definition) is 5. The number of hydrogen-bond donors (Lipinski definition) is 1. The first kappa shape index (κ1) is 17.8. The predicted molar refractivity (Wildman–Crippen MR) is 107 cm³/mol. The van der Waals surface area contributed by atoms with Crippen molar-refractivity contribution in [3.63, 3.8) is 0 Å². The Kier molecular flexibility index (Phi) is 4.59. The summed E-state index contributed by atoms with van der Waals surface area (Å²) in [5.41, 5.74) is 5.66. The van der Waals surface area contributed by atoms with Crippen molar-refractivity contribution in [2.45, 2.75) is 20.4 Å². The molecule has 138 valence electrons. The van der Waals surface area contributed by atoms with E-state index in [9.17, 15) is 0 Å². The van der Waals surface area contributed by atoms with Crippen molar-refractivity contribution in [3.8, 4) is 23.1 Å². The van der Waals surface area contributed by atoms with Gasteiger partial charge in [-0.05, 0) is 53.1 Å². The van der Waals surface area contributed by atoms with Gasteiger partial charge in [0.1, 0.15) is 4.64 Å². The fourth-order valence-electron chi connectivity index (χ4n) is 3.22. The Morgan fingerprint density at radius 2 is 1.82 bits per heavy atom. The molecular weight excluding hydrogens is 370 g/mol. The standard InChI is InChI=1S/C20H17N7S/c1-13-4-3-5-14(2)18(13)27-20(28)17(11-22-27)19-23-24-25-26(19)12-16-8-6-15(10-21)7-9-16/h3-9,11,22H,12H2,1-2H3.